The van der Waals surface area contributed by atoms with Gasteiger partial charge in [-0.05, 0) is 35.9 Å². The second-order valence-electron chi connectivity index (χ2n) is 6.22. The number of hydrogen-bond donors (Lipinski definition) is 1. The fourth-order valence-electron chi connectivity index (χ4n) is 2.55. The van der Waals surface area contributed by atoms with Crippen molar-refractivity contribution in [3.63, 3.8) is 0 Å². The third-order valence-corrected chi connectivity index (χ3v) is 5.24. The summed E-state index contributed by atoms with van der Waals surface area (Å²) in [5, 5.41) is 12.2. The van der Waals surface area contributed by atoms with E-state index in [0.717, 1.165) is 33.7 Å². The average Bonchev–Trinajstić information content (AvgIpc) is 3.11. The fraction of sp³-hybridized carbons (Fsp3) is 0.238. The lowest BCUT2D eigenvalue weighted by molar-refractivity contribution is -0.116. The van der Waals surface area contributed by atoms with Gasteiger partial charge in [0.15, 0.2) is 5.16 Å². The largest absolute Gasteiger partial charge is 0.497 e. The number of nitrogens with one attached hydrogen (secondary N) is 1. The minimum absolute atomic E-state index is 0.146. The van der Waals surface area contributed by atoms with Crippen LogP contribution in [0.5, 0.6) is 5.75 Å². The minimum atomic E-state index is -0.146. The summed E-state index contributed by atoms with van der Waals surface area (Å²) >= 11 is 1.59. The third kappa shape index (κ3) is 6.18. The van der Waals surface area contributed by atoms with Gasteiger partial charge in [-0.15, -0.1) is 10.2 Å². The van der Waals surface area contributed by atoms with E-state index in [0.29, 0.717) is 13.0 Å². The second-order valence-corrected chi connectivity index (χ2v) is 7.16. The predicted molar refractivity (Wildman–Crippen MR) is 114 cm³/mol. The van der Waals surface area contributed by atoms with Gasteiger partial charge in [-0.1, -0.05) is 30.0 Å². The van der Waals surface area contributed by atoms with Gasteiger partial charge in [-0.2, -0.15) is 0 Å². The summed E-state index contributed by atoms with van der Waals surface area (Å²) in [6.45, 7) is 0.489. The van der Waals surface area contributed by atoms with Crippen molar-refractivity contribution in [2.75, 3.05) is 13.7 Å². The molecule has 2 heterocycles. The molecule has 0 unspecified atom stereocenters. The van der Waals surface area contributed by atoms with Gasteiger partial charge in [0.2, 0.25) is 5.91 Å². The third-order valence-electron chi connectivity index (χ3n) is 4.19. The maximum Gasteiger partial charge on any atom is 0.244 e. The lowest BCUT2D eigenvalue weighted by atomic mass is 10.2. The number of ether oxygens (including phenoxy) is 1. The first-order valence-electron chi connectivity index (χ1n) is 9.16. The van der Waals surface area contributed by atoms with Crippen LogP contribution < -0.4 is 10.1 Å². The highest BCUT2D eigenvalue weighted by Crippen LogP contribution is 2.20. The standard InChI is InChI=1S/C21H23N5O2S/c1-26-19(24-25-21(26)29-15-17-5-3-4-13-22-17)12-14-23-20(27)11-8-16-6-9-18(28-2)10-7-16/h3-11,13H,12,14-15H2,1-2H3,(H,23,27)/b11-8+. The number of rotatable bonds is 9. The first-order chi connectivity index (χ1) is 14.2. The predicted octanol–water partition coefficient (Wildman–Crippen LogP) is 2.88. The molecule has 0 aliphatic carbocycles. The van der Waals surface area contributed by atoms with Crippen LogP contribution in [0.2, 0.25) is 0 Å². The molecule has 7 nitrogen and oxygen atoms in total. The quantitative estimate of drug-likeness (QED) is 0.432. The van der Waals surface area contributed by atoms with Crippen molar-refractivity contribution in [3.05, 3.63) is 71.8 Å². The van der Waals surface area contributed by atoms with Crippen molar-refractivity contribution in [1.29, 1.82) is 0 Å². The van der Waals surface area contributed by atoms with Crippen LogP contribution in [-0.4, -0.2) is 39.3 Å². The van der Waals surface area contributed by atoms with E-state index in [9.17, 15) is 4.79 Å². The number of carbonyl (C=O) groups is 1. The summed E-state index contributed by atoms with van der Waals surface area (Å²) in [6, 6.07) is 13.4. The van der Waals surface area contributed by atoms with E-state index in [4.69, 9.17) is 4.74 Å². The number of methoxy groups -OCH3 is 1. The molecular weight excluding hydrogens is 386 g/mol. The highest BCUT2D eigenvalue weighted by molar-refractivity contribution is 7.98. The van der Waals surface area contributed by atoms with Gasteiger partial charge < -0.3 is 14.6 Å². The zero-order chi connectivity index (χ0) is 20.5. The highest BCUT2D eigenvalue weighted by Gasteiger charge is 2.10. The molecule has 0 bridgehead atoms. The Morgan fingerprint density at radius 2 is 2.03 bits per heavy atom. The van der Waals surface area contributed by atoms with E-state index in [1.807, 2.05) is 54.1 Å². The number of pyridine rings is 1. The van der Waals surface area contributed by atoms with Crippen molar-refractivity contribution >= 4 is 23.7 Å². The number of hydrogen-bond acceptors (Lipinski definition) is 6. The number of thioether (sulfide) groups is 1. The van der Waals surface area contributed by atoms with Crippen molar-refractivity contribution < 1.29 is 9.53 Å². The van der Waals surface area contributed by atoms with Crippen molar-refractivity contribution in [1.82, 2.24) is 25.1 Å². The lowest BCUT2D eigenvalue weighted by Crippen LogP contribution is -2.24. The number of carbonyl (C=O) groups excluding carboxylic acids is 1. The Labute approximate surface area is 174 Å². The molecule has 0 fully saturated rings. The van der Waals surface area contributed by atoms with E-state index in [1.54, 1.807) is 31.1 Å². The molecule has 8 heteroatoms. The average molecular weight is 410 g/mol. The van der Waals surface area contributed by atoms with Gasteiger partial charge in [-0.25, -0.2) is 0 Å². The Kier molecular flexibility index (Phi) is 7.40. The molecule has 3 aromatic rings. The van der Waals surface area contributed by atoms with Crippen LogP contribution in [0.4, 0.5) is 0 Å². The van der Waals surface area contributed by atoms with Crippen molar-refractivity contribution in [2.45, 2.75) is 17.3 Å². The van der Waals surface area contributed by atoms with Crippen LogP contribution in [0.3, 0.4) is 0 Å². The molecule has 1 N–H and O–H groups in total. The van der Waals surface area contributed by atoms with Gasteiger partial charge in [0.25, 0.3) is 0 Å². The first-order valence-corrected chi connectivity index (χ1v) is 10.1. The molecule has 29 heavy (non-hydrogen) atoms. The maximum atomic E-state index is 12.0. The van der Waals surface area contributed by atoms with E-state index in [1.165, 1.54) is 6.08 Å². The zero-order valence-electron chi connectivity index (χ0n) is 16.4. The van der Waals surface area contributed by atoms with Crippen LogP contribution in [-0.2, 0) is 24.0 Å². The summed E-state index contributed by atoms with van der Waals surface area (Å²) in [5.41, 5.74) is 1.93. The first kappa shape index (κ1) is 20.6. The summed E-state index contributed by atoms with van der Waals surface area (Å²) in [6.07, 6.45) is 5.68. The van der Waals surface area contributed by atoms with E-state index in [2.05, 4.69) is 20.5 Å². The van der Waals surface area contributed by atoms with Crippen LogP contribution >= 0.6 is 11.8 Å². The van der Waals surface area contributed by atoms with Gasteiger partial charge in [-0.3, -0.25) is 9.78 Å². The Hall–Kier alpha value is -3.13. The van der Waals surface area contributed by atoms with E-state index in [-0.39, 0.29) is 5.91 Å². The molecule has 0 aliphatic heterocycles. The molecule has 0 saturated heterocycles. The molecule has 0 radical (unpaired) electrons. The minimum Gasteiger partial charge on any atom is -0.497 e. The molecule has 0 saturated carbocycles. The van der Waals surface area contributed by atoms with Crippen LogP contribution in [0.15, 0.2) is 59.9 Å². The topological polar surface area (TPSA) is 81.9 Å². The summed E-state index contributed by atoms with van der Waals surface area (Å²) in [7, 11) is 3.55. The van der Waals surface area contributed by atoms with Gasteiger partial charge in [0.05, 0.1) is 12.8 Å². The Morgan fingerprint density at radius 1 is 1.21 bits per heavy atom. The van der Waals surface area contributed by atoms with E-state index < -0.39 is 0 Å². The second kappa shape index (κ2) is 10.4. The normalized spacial score (nSPS) is 11.0. The maximum absolute atomic E-state index is 12.0. The smallest absolute Gasteiger partial charge is 0.244 e. The van der Waals surface area contributed by atoms with Crippen LogP contribution in [0, 0.1) is 0 Å². The molecule has 1 aromatic carbocycles. The molecule has 150 valence electrons. The highest BCUT2D eigenvalue weighted by atomic mass is 32.2. The van der Waals surface area contributed by atoms with E-state index >= 15 is 0 Å². The molecule has 2 aromatic heterocycles. The molecule has 0 atom stereocenters. The lowest BCUT2D eigenvalue weighted by Gasteiger charge is -2.04. The van der Waals surface area contributed by atoms with Crippen molar-refractivity contribution in [3.8, 4) is 5.75 Å². The van der Waals surface area contributed by atoms with Gasteiger partial charge in [0, 0.05) is 38.0 Å². The molecule has 1 amide bonds. The Morgan fingerprint density at radius 3 is 2.76 bits per heavy atom. The fourth-order valence-corrected chi connectivity index (χ4v) is 3.40. The Balaban J connectivity index is 1.44. The molecule has 0 spiro atoms. The number of nitrogens with zero attached hydrogens (tertiary/aromatic N) is 4. The molecule has 0 aliphatic rings. The monoisotopic (exact) mass is 409 g/mol. The number of aromatic nitrogens is 4. The number of amides is 1. The van der Waals surface area contributed by atoms with Crippen LogP contribution in [0.25, 0.3) is 6.08 Å². The molecular formula is C21H23N5O2S. The van der Waals surface area contributed by atoms with Gasteiger partial charge in [0.1, 0.15) is 11.6 Å². The zero-order valence-corrected chi connectivity index (χ0v) is 17.2. The number of benzene rings is 1. The SMILES string of the molecule is COc1ccc(/C=C/C(=O)NCCc2nnc(SCc3ccccn3)n2C)cc1. The Bertz CT molecular complexity index is 955. The summed E-state index contributed by atoms with van der Waals surface area (Å²) in [4.78, 5) is 16.3. The summed E-state index contributed by atoms with van der Waals surface area (Å²) in [5.74, 6) is 2.20. The molecule has 3 rings (SSSR count). The van der Waals surface area contributed by atoms with Gasteiger partial charge >= 0.3 is 0 Å². The van der Waals surface area contributed by atoms with Crippen LogP contribution in [0.1, 0.15) is 17.1 Å². The van der Waals surface area contributed by atoms with Crippen molar-refractivity contribution in [2.24, 2.45) is 7.05 Å². The summed E-state index contributed by atoms with van der Waals surface area (Å²) < 4.78 is 7.07.